The minimum absolute atomic E-state index is 0.278. The predicted octanol–water partition coefficient (Wildman–Crippen LogP) is 4.55. The second kappa shape index (κ2) is 4.73. The lowest BCUT2D eigenvalue weighted by atomic mass is 9.89. The highest BCUT2D eigenvalue weighted by Gasteiger charge is 2.49. The molecule has 3 rings (SSSR count). The molecule has 0 saturated carbocycles. The zero-order valence-corrected chi connectivity index (χ0v) is 13.2. The van der Waals surface area contributed by atoms with Gasteiger partial charge in [-0.1, -0.05) is 24.2 Å². The van der Waals surface area contributed by atoms with Crippen LogP contribution in [-0.4, -0.2) is 18.3 Å². The van der Waals surface area contributed by atoms with Crippen LogP contribution in [0.3, 0.4) is 0 Å². The van der Waals surface area contributed by atoms with Gasteiger partial charge in [-0.2, -0.15) is 0 Å². The van der Waals surface area contributed by atoms with Crippen molar-refractivity contribution in [1.82, 2.24) is 0 Å². The van der Waals surface area contributed by atoms with E-state index in [0.29, 0.717) is 0 Å². The fourth-order valence-corrected chi connectivity index (χ4v) is 3.07. The summed E-state index contributed by atoms with van der Waals surface area (Å²) in [7, 11) is -0.279. The largest absolute Gasteiger partial charge is 0.487 e. The molecule has 2 heterocycles. The summed E-state index contributed by atoms with van der Waals surface area (Å²) in [5.41, 5.74) is 0.619. The summed E-state index contributed by atoms with van der Waals surface area (Å²) in [4.78, 5) is 0. The van der Waals surface area contributed by atoms with Crippen molar-refractivity contribution in [2.24, 2.45) is 0 Å². The van der Waals surface area contributed by atoms with Crippen molar-refractivity contribution in [3.63, 3.8) is 0 Å². The molecule has 0 aliphatic carbocycles. The fourth-order valence-electron chi connectivity index (χ4n) is 2.23. The smallest absolute Gasteiger partial charge is 0.400 e. The normalized spacial score (nSPS) is 21.1. The summed E-state index contributed by atoms with van der Waals surface area (Å²) >= 11 is 1.76. The van der Waals surface area contributed by atoms with Gasteiger partial charge in [0.25, 0.3) is 0 Å². The van der Waals surface area contributed by atoms with Crippen molar-refractivity contribution in [3.8, 4) is 0 Å². The van der Waals surface area contributed by atoms with Crippen LogP contribution in [0.5, 0.6) is 0 Å². The van der Waals surface area contributed by atoms with Gasteiger partial charge in [-0.05, 0) is 56.2 Å². The summed E-state index contributed by atoms with van der Waals surface area (Å²) in [6.45, 7) is 8.27. The summed E-state index contributed by atoms with van der Waals surface area (Å²) in [5, 5.41) is 3.41. The van der Waals surface area contributed by atoms with Gasteiger partial charge in [0.15, 0.2) is 0 Å². The Balaban J connectivity index is 1.78. The highest BCUT2D eigenvalue weighted by atomic mass is 32.1. The van der Waals surface area contributed by atoms with Crippen molar-refractivity contribution in [3.05, 3.63) is 41.2 Å². The van der Waals surface area contributed by atoms with Gasteiger partial charge in [0.1, 0.15) is 0 Å². The SMILES string of the molecule is CC1(C)OB(/C=C/c2ccc3ccsc3c2)OC1(C)C. The van der Waals surface area contributed by atoms with Gasteiger partial charge in [0, 0.05) is 4.70 Å². The zero-order chi connectivity index (χ0) is 14.4. The van der Waals surface area contributed by atoms with Crippen LogP contribution in [0.15, 0.2) is 35.6 Å². The number of benzene rings is 1. The number of hydrogen-bond donors (Lipinski definition) is 0. The van der Waals surface area contributed by atoms with Crippen molar-refractivity contribution in [2.75, 3.05) is 0 Å². The van der Waals surface area contributed by atoms with Crippen molar-refractivity contribution < 1.29 is 9.31 Å². The van der Waals surface area contributed by atoms with Crippen molar-refractivity contribution in [2.45, 2.75) is 38.9 Å². The molecule has 1 aliphatic heterocycles. The molecule has 1 saturated heterocycles. The van der Waals surface area contributed by atoms with Crippen LogP contribution in [0.25, 0.3) is 16.2 Å². The molecule has 1 fully saturated rings. The molecule has 104 valence electrons. The molecule has 1 aromatic carbocycles. The Kier molecular flexibility index (Phi) is 3.28. The molecule has 20 heavy (non-hydrogen) atoms. The average molecular weight is 286 g/mol. The average Bonchev–Trinajstić information content (AvgIpc) is 2.89. The van der Waals surface area contributed by atoms with E-state index in [1.54, 1.807) is 11.3 Å². The molecule has 0 bridgehead atoms. The molecule has 2 aromatic rings. The summed E-state index contributed by atoms with van der Waals surface area (Å²) < 4.78 is 13.2. The first-order valence-corrected chi connectivity index (χ1v) is 7.76. The first kappa shape index (κ1) is 13.9. The first-order chi connectivity index (χ1) is 9.37. The lowest BCUT2D eigenvalue weighted by Crippen LogP contribution is -2.41. The molecule has 1 aliphatic rings. The third kappa shape index (κ3) is 2.44. The number of rotatable bonds is 2. The topological polar surface area (TPSA) is 18.5 Å². The van der Waals surface area contributed by atoms with E-state index >= 15 is 0 Å². The molecule has 2 nitrogen and oxygen atoms in total. The van der Waals surface area contributed by atoms with Gasteiger partial charge in [0.2, 0.25) is 0 Å². The highest BCUT2D eigenvalue weighted by Crippen LogP contribution is 2.37. The van der Waals surface area contributed by atoms with E-state index < -0.39 is 0 Å². The number of fused-ring (bicyclic) bond motifs is 1. The van der Waals surface area contributed by atoms with Crippen LogP contribution in [0.1, 0.15) is 33.3 Å². The minimum Gasteiger partial charge on any atom is -0.400 e. The van der Waals surface area contributed by atoms with Crippen LogP contribution < -0.4 is 0 Å². The number of hydrogen-bond acceptors (Lipinski definition) is 3. The molecule has 4 heteroatoms. The summed E-state index contributed by atoms with van der Waals surface area (Å²) in [6, 6.07) is 8.61. The predicted molar refractivity (Wildman–Crippen MR) is 86.9 cm³/mol. The van der Waals surface area contributed by atoms with E-state index in [4.69, 9.17) is 9.31 Å². The standard InChI is InChI=1S/C16H19BO2S/c1-15(2)16(3,4)19-17(18-15)9-7-12-5-6-13-8-10-20-14(13)11-12/h5-11H,1-4H3/b9-7+. The highest BCUT2D eigenvalue weighted by molar-refractivity contribution is 7.17. The minimum atomic E-state index is -0.279. The van der Waals surface area contributed by atoms with E-state index in [1.807, 2.05) is 5.98 Å². The van der Waals surface area contributed by atoms with E-state index in [0.717, 1.165) is 0 Å². The van der Waals surface area contributed by atoms with Crippen molar-refractivity contribution in [1.29, 1.82) is 0 Å². The van der Waals surface area contributed by atoms with Crippen LogP contribution in [0, 0.1) is 0 Å². The Morgan fingerprint density at radius 3 is 2.45 bits per heavy atom. The first-order valence-electron chi connectivity index (χ1n) is 6.88. The van der Waals surface area contributed by atoms with Gasteiger partial charge < -0.3 is 9.31 Å². The molecule has 0 amide bonds. The monoisotopic (exact) mass is 286 g/mol. The van der Waals surface area contributed by atoms with Crippen LogP contribution in [0.2, 0.25) is 0 Å². The lowest BCUT2D eigenvalue weighted by Gasteiger charge is -2.32. The molecule has 0 atom stereocenters. The second-order valence-corrected chi connectivity index (χ2v) is 7.15. The Hall–Kier alpha value is -1.10. The lowest BCUT2D eigenvalue weighted by molar-refractivity contribution is 0.00578. The molecular formula is C16H19BO2S. The third-order valence-electron chi connectivity index (χ3n) is 4.20. The molecule has 0 N–H and O–H groups in total. The summed E-state index contributed by atoms with van der Waals surface area (Å²) in [5.74, 6) is 1.99. The van der Waals surface area contributed by atoms with Gasteiger partial charge in [0.05, 0.1) is 11.2 Å². The quantitative estimate of drug-likeness (QED) is 0.754. The van der Waals surface area contributed by atoms with E-state index in [-0.39, 0.29) is 18.3 Å². The zero-order valence-electron chi connectivity index (χ0n) is 12.3. The van der Waals surface area contributed by atoms with E-state index in [1.165, 1.54) is 15.6 Å². The van der Waals surface area contributed by atoms with Gasteiger partial charge >= 0.3 is 7.12 Å². The Bertz CT molecular complexity index is 641. The van der Waals surface area contributed by atoms with Gasteiger partial charge in [-0.15, -0.1) is 11.3 Å². The van der Waals surface area contributed by atoms with Crippen LogP contribution in [0.4, 0.5) is 0 Å². The third-order valence-corrected chi connectivity index (χ3v) is 5.08. The number of thiophene rings is 1. The summed E-state index contributed by atoms with van der Waals surface area (Å²) in [6.07, 6.45) is 2.07. The van der Waals surface area contributed by atoms with Crippen molar-refractivity contribution >= 4 is 34.6 Å². The van der Waals surface area contributed by atoms with Gasteiger partial charge in [-0.25, -0.2) is 0 Å². The van der Waals surface area contributed by atoms with E-state index in [2.05, 4.69) is 63.4 Å². The molecule has 1 aromatic heterocycles. The fraction of sp³-hybridized carbons (Fsp3) is 0.375. The molecule has 0 radical (unpaired) electrons. The van der Waals surface area contributed by atoms with Crippen LogP contribution in [-0.2, 0) is 9.31 Å². The Labute approximate surface area is 124 Å². The molecule has 0 spiro atoms. The van der Waals surface area contributed by atoms with E-state index in [9.17, 15) is 0 Å². The molecular weight excluding hydrogens is 267 g/mol. The maximum atomic E-state index is 5.95. The second-order valence-electron chi connectivity index (χ2n) is 6.20. The maximum Gasteiger partial charge on any atom is 0.487 e. The Morgan fingerprint density at radius 2 is 1.75 bits per heavy atom. The van der Waals surface area contributed by atoms with Crippen LogP contribution >= 0.6 is 11.3 Å². The molecule has 0 unspecified atom stereocenters. The maximum absolute atomic E-state index is 5.95. The van der Waals surface area contributed by atoms with Gasteiger partial charge in [-0.3, -0.25) is 0 Å². The Morgan fingerprint density at radius 1 is 1.05 bits per heavy atom.